The highest BCUT2D eigenvalue weighted by Gasteiger charge is 2.47. The topological polar surface area (TPSA) is 172 Å². The first-order valence-electron chi connectivity index (χ1n) is 20.7. The van der Waals surface area contributed by atoms with Gasteiger partial charge in [-0.15, -0.1) is 0 Å². The van der Waals surface area contributed by atoms with Crippen molar-refractivity contribution in [1.82, 2.24) is 29.6 Å². The summed E-state index contributed by atoms with van der Waals surface area (Å²) in [6, 6.07) is 20.1. The summed E-state index contributed by atoms with van der Waals surface area (Å²) in [6.07, 6.45) is 0.136. The molecule has 4 saturated heterocycles. The van der Waals surface area contributed by atoms with Gasteiger partial charge in [0.2, 0.25) is 17.7 Å². The number of nitrogens with zero attached hydrogens (tertiary/aromatic N) is 5. The Morgan fingerprint density at radius 3 is 2.44 bits per heavy atom. The monoisotopic (exact) mass is 887 g/mol. The molecule has 2 atom stereocenters. The first kappa shape index (κ1) is 42.1. The van der Waals surface area contributed by atoms with Gasteiger partial charge in [0, 0.05) is 23.2 Å². The van der Waals surface area contributed by atoms with Crippen LogP contribution in [0.15, 0.2) is 72.8 Å². The molecule has 5 heterocycles. The van der Waals surface area contributed by atoms with E-state index in [0.717, 1.165) is 5.56 Å². The van der Waals surface area contributed by atoms with Crippen LogP contribution in [0.2, 0.25) is 0 Å². The van der Waals surface area contributed by atoms with Crippen molar-refractivity contribution in [2.75, 3.05) is 43.6 Å². The summed E-state index contributed by atoms with van der Waals surface area (Å²) in [5.74, 6) is -7.57. The van der Waals surface area contributed by atoms with Gasteiger partial charge in [0.1, 0.15) is 36.4 Å². The third kappa shape index (κ3) is 8.14. The van der Waals surface area contributed by atoms with Crippen LogP contribution in [-0.4, -0.2) is 103 Å². The van der Waals surface area contributed by atoms with E-state index in [2.05, 4.69) is 5.32 Å². The molecule has 1 aromatic heterocycles. The first-order chi connectivity index (χ1) is 30.0. The summed E-state index contributed by atoms with van der Waals surface area (Å²) in [4.78, 5) is 52.9. The number of amides is 4. The minimum absolute atomic E-state index is 0.00731. The number of hydrogen-bond acceptors (Lipinski definition) is 10. The zero-order valence-electron chi connectivity index (χ0n) is 34.4. The van der Waals surface area contributed by atoms with Crippen LogP contribution in [-0.2, 0) is 36.0 Å². The highest BCUT2D eigenvalue weighted by Crippen LogP contribution is 2.43. The smallest absolute Gasteiger partial charge is 0.326 e. The third-order valence-electron chi connectivity index (χ3n) is 12.1. The van der Waals surface area contributed by atoms with Crippen molar-refractivity contribution >= 4 is 61.2 Å². The summed E-state index contributed by atoms with van der Waals surface area (Å²) in [7, 11) is -4.39. The van der Waals surface area contributed by atoms with Crippen LogP contribution < -0.4 is 23.8 Å². The predicted octanol–water partition coefficient (Wildman–Crippen LogP) is 4.90. The maximum absolute atomic E-state index is 16.4. The molecule has 0 saturated carbocycles. The van der Waals surface area contributed by atoms with Crippen molar-refractivity contribution in [3.63, 3.8) is 0 Å². The van der Waals surface area contributed by atoms with Gasteiger partial charge in [-0.2, -0.15) is 13.5 Å². The summed E-state index contributed by atoms with van der Waals surface area (Å²) < 4.78 is 90.3. The van der Waals surface area contributed by atoms with E-state index in [1.807, 2.05) is 24.6 Å². The number of anilines is 1. The molecule has 4 amide bonds. The zero-order valence-corrected chi connectivity index (χ0v) is 35.2. The molecule has 19 heteroatoms. The number of halogens is 3. The number of likely N-dealkylation sites (tertiary alicyclic amines) is 2. The maximum atomic E-state index is 16.4. The molecular weight excluding hydrogens is 844 g/mol. The number of carbonyl (C=O) groups excluding carboxylic acids is 4. The van der Waals surface area contributed by atoms with Gasteiger partial charge in [-0.3, -0.25) is 34.1 Å². The van der Waals surface area contributed by atoms with Gasteiger partial charge >= 0.3 is 10.2 Å². The Balaban J connectivity index is 0.840. The summed E-state index contributed by atoms with van der Waals surface area (Å²) in [5, 5.41) is 8.17. The van der Waals surface area contributed by atoms with Crippen LogP contribution in [0.25, 0.3) is 21.7 Å². The Hall–Kier alpha value is -6.21. The molecule has 9 rings (SSSR count). The number of carbonyl (C=O) groups is 4. The average molecular weight is 888 g/mol. The van der Waals surface area contributed by atoms with Crippen molar-refractivity contribution in [1.29, 1.82) is 0 Å². The Morgan fingerprint density at radius 1 is 0.968 bits per heavy atom. The number of fused-ring (bicyclic) bond motifs is 2. The summed E-state index contributed by atoms with van der Waals surface area (Å²) in [6.45, 7) is 2.98. The quantitative estimate of drug-likeness (QED) is 0.174. The van der Waals surface area contributed by atoms with Crippen LogP contribution in [0.3, 0.4) is 0 Å². The first-order valence-corrected chi connectivity index (χ1v) is 22.2. The van der Waals surface area contributed by atoms with E-state index >= 15 is 13.2 Å². The van der Waals surface area contributed by atoms with Gasteiger partial charge in [-0.1, -0.05) is 48.5 Å². The van der Waals surface area contributed by atoms with Crippen LogP contribution in [0.1, 0.15) is 67.8 Å². The molecule has 0 bridgehead atoms. The molecule has 4 aliphatic heterocycles. The molecule has 4 fully saturated rings. The molecule has 330 valence electrons. The van der Waals surface area contributed by atoms with E-state index in [1.54, 1.807) is 59.3 Å². The third-order valence-corrected chi connectivity index (χ3v) is 13.4. The molecule has 2 unspecified atom stereocenters. The number of benzene rings is 4. The minimum Gasteiger partial charge on any atom is -0.487 e. The van der Waals surface area contributed by atoms with Gasteiger partial charge < -0.3 is 14.4 Å². The lowest BCUT2D eigenvalue weighted by Crippen LogP contribution is -2.59. The molecular formula is C44H44F3N7O8S. The van der Waals surface area contributed by atoms with Gasteiger partial charge in [0.15, 0.2) is 5.82 Å². The Morgan fingerprint density at radius 2 is 1.75 bits per heavy atom. The highest BCUT2D eigenvalue weighted by molar-refractivity contribution is 7.92. The molecule has 0 aliphatic carbocycles. The van der Waals surface area contributed by atoms with Crippen LogP contribution in [0, 0.1) is 5.82 Å². The van der Waals surface area contributed by atoms with E-state index in [0.29, 0.717) is 38.3 Å². The normalized spacial score (nSPS) is 21.5. The number of nitrogens with one attached hydrogen (secondary N) is 2. The molecule has 2 N–H and O–H groups in total. The SMILES string of the molecule is CC(C)n1nc(C2CCC(=O)NC2=O)c2ccc(C3CCN(CC(=O)N4CC(Oc5ccc6cc(OCc7ccccc7)c(N7CC(=O)NS7(=O)=O)c(F)c6c5)C4)CC3(F)F)cc21. The van der Waals surface area contributed by atoms with Gasteiger partial charge in [0.25, 0.3) is 11.8 Å². The molecule has 15 nitrogen and oxygen atoms in total. The van der Waals surface area contributed by atoms with Crippen molar-refractivity contribution in [2.24, 2.45) is 0 Å². The number of imide groups is 1. The fourth-order valence-corrected chi connectivity index (χ4v) is 10.0. The molecule has 0 radical (unpaired) electrons. The lowest BCUT2D eigenvalue weighted by molar-refractivity contribution is -0.144. The van der Waals surface area contributed by atoms with Crippen molar-refractivity contribution in [3.05, 3.63) is 95.4 Å². The average Bonchev–Trinajstić information content (AvgIpc) is 3.73. The lowest BCUT2D eigenvalue weighted by Gasteiger charge is -2.42. The number of aromatic nitrogens is 2. The number of alkyl halides is 2. The standard InChI is InChI=1S/C44H44F3N7O8S/c1-25(2)54-35-16-28(9-11-31(35)41(49-54)32-12-13-37(55)48-43(32)58)34-14-15-51(24-44(34,46)47)22-39(57)52-19-30(20-52)62-29-10-8-27-17-36(61-23-26-6-4-3-5-7-26)42(40(45)33(27)18-29)53-21-38(56)50-63(53,59)60/h3-11,16-18,25,30,32,34H,12-15,19-24H2,1-2H3,(H,50,56)(H,48,55,58). The van der Waals surface area contributed by atoms with E-state index in [9.17, 15) is 27.6 Å². The van der Waals surface area contributed by atoms with Crippen LogP contribution >= 0.6 is 0 Å². The molecule has 5 aromatic rings. The van der Waals surface area contributed by atoms with Crippen LogP contribution in [0.5, 0.6) is 11.5 Å². The van der Waals surface area contributed by atoms with E-state index < -0.39 is 70.5 Å². The fourth-order valence-electron chi connectivity index (χ4n) is 8.85. The predicted molar refractivity (Wildman–Crippen MR) is 224 cm³/mol. The second-order valence-corrected chi connectivity index (χ2v) is 18.4. The highest BCUT2D eigenvalue weighted by atomic mass is 32.2. The fraction of sp³-hybridized carbons (Fsp3) is 0.386. The zero-order chi connectivity index (χ0) is 44.4. The van der Waals surface area contributed by atoms with Crippen molar-refractivity contribution < 1.29 is 50.2 Å². The maximum Gasteiger partial charge on any atom is 0.326 e. The van der Waals surface area contributed by atoms with E-state index in [4.69, 9.17) is 14.6 Å². The van der Waals surface area contributed by atoms with E-state index in [-0.39, 0.29) is 80.4 Å². The Bertz CT molecular complexity index is 2780. The van der Waals surface area contributed by atoms with Crippen molar-refractivity contribution in [2.45, 2.75) is 69.6 Å². The lowest BCUT2D eigenvalue weighted by atomic mass is 9.85. The van der Waals surface area contributed by atoms with Crippen LogP contribution in [0.4, 0.5) is 18.9 Å². The van der Waals surface area contributed by atoms with Gasteiger partial charge in [0.05, 0.1) is 49.2 Å². The van der Waals surface area contributed by atoms with Gasteiger partial charge in [-0.25, -0.2) is 22.2 Å². The largest absolute Gasteiger partial charge is 0.487 e. The second-order valence-electron chi connectivity index (χ2n) is 16.8. The number of rotatable bonds is 11. The van der Waals surface area contributed by atoms with Gasteiger partial charge in [-0.05, 0) is 74.0 Å². The molecule has 4 aliphatic rings. The number of hydrogen-bond donors (Lipinski definition) is 2. The minimum atomic E-state index is -4.39. The molecule has 63 heavy (non-hydrogen) atoms. The Kier molecular flexibility index (Phi) is 10.8. The van der Waals surface area contributed by atoms with E-state index in [1.165, 1.54) is 21.9 Å². The van der Waals surface area contributed by atoms with Crippen molar-refractivity contribution in [3.8, 4) is 11.5 Å². The number of piperidine rings is 2. The summed E-state index contributed by atoms with van der Waals surface area (Å²) in [5.41, 5.74) is 1.92. The molecule has 4 aromatic carbocycles. The number of ether oxygens (including phenoxy) is 2. The second kappa shape index (κ2) is 16.2. The summed E-state index contributed by atoms with van der Waals surface area (Å²) >= 11 is 0. The molecule has 0 spiro atoms. The Labute approximate surface area is 360 Å².